The van der Waals surface area contributed by atoms with Crippen LogP contribution in [0.4, 0.5) is 29.3 Å². The molecule has 7 nitrogen and oxygen atoms in total. The second kappa shape index (κ2) is 9.68. The molecule has 0 saturated carbocycles. The van der Waals surface area contributed by atoms with E-state index in [-0.39, 0.29) is 17.8 Å². The van der Waals surface area contributed by atoms with E-state index in [2.05, 4.69) is 25.1 Å². The van der Waals surface area contributed by atoms with Gasteiger partial charge in [0.2, 0.25) is 5.95 Å². The standard InChI is InChI=1S/C26H26F4N6O/c1-15-14-35(10-11-36(15)25-31-13-21(16(2)37)23(32-25)26(28,29)30)24-20-5-3-4-19(20)22(33-34-24)12-17-6-8-18(27)9-7-17/h6-9,13,15H,3-5,10-12,14H2,1-2H3/t15-/m1/s1. The monoisotopic (exact) mass is 514 g/mol. The Balaban J connectivity index is 1.36. The van der Waals surface area contributed by atoms with Crippen LogP contribution in [0.5, 0.6) is 0 Å². The quantitative estimate of drug-likeness (QED) is 0.369. The van der Waals surface area contributed by atoms with Gasteiger partial charge in [0.25, 0.3) is 0 Å². The number of hydrogen-bond acceptors (Lipinski definition) is 7. The summed E-state index contributed by atoms with van der Waals surface area (Å²) in [5.41, 5.74) is 2.47. The summed E-state index contributed by atoms with van der Waals surface area (Å²) in [5.74, 6) is -0.244. The highest BCUT2D eigenvalue weighted by Crippen LogP contribution is 2.35. The van der Waals surface area contributed by atoms with Gasteiger partial charge in [0.1, 0.15) is 5.82 Å². The molecular formula is C26H26F4N6O. The lowest BCUT2D eigenvalue weighted by molar-refractivity contribution is -0.141. The predicted octanol–water partition coefficient (Wildman–Crippen LogP) is 4.42. The lowest BCUT2D eigenvalue weighted by Gasteiger charge is -2.41. The van der Waals surface area contributed by atoms with Crippen molar-refractivity contribution in [2.75, 3.05) is 29.4 Å². The number of halogens is 4. The molecule has 2 aromatic heterocycles. The Hall–Kier alpha value is -3.63. The van der Waals surface area contributed by atoms with Crippen LogP contribution in [-0.2, 0) is 25.4 Å². The average Bonchev–Trinajstić information content (AvgIpc) is 3.35. The van der Waals surface area contributed by atoms with Gasteiger partial charge in [-0.3, -0.25) is 4.79 Å². The van der Waals surface area contributed by atoms with E-state index in [1.165, 1.54) is 17.7 Å². The molecule has 37 heavy (non-hydrogen) atoms. The van der Waals surface area contributed by atoms with Crippen molar-refractivity contribution in [1.82, 2.24) is 20.2 Å². The fourth-order valence-electron chi connectivity index (χ4n) is 5.16. The smallest absolute Gasteiger partial charge is 0.351 e. The number of fused-ring (bicyclic) bond motifs is 1. The highest BCUT2D eigenvalue weighted by molar-refractivity contribution is 5.95. The first-order valence-corrected chi connectivity index (χ1v) is 12.2. The Morgan fingerprint density at radius 3 is 2.49 bits per heavy atom. The molecule has 1 saturated heterocycles. The molecule has 5 rings (SSSR count). The maximum absolute atomic E-state index is 13.6. The molecule has 1 fully saturated rings. The predicted molar refractivity (Wildman–Crippen MR) is 129 cm³/mol. The van der Waals surface area contributed by atoms with Gasteiger partial charge in [0.15, 0.2) is 17.3 Å². The summed E-state index contributed by atoms with van der Waals surface area (Å²) in [5, 5.41) is 9.09. The molecule has 0 spiro atoms. The number of aromatic nitrogens is 4. The SMILES string of the molecule is CC(=O)c1cnc(N2CCN(c3nnc(Cc4ccc(F)cc4)c4c3CCC4)C[C@H]2C)nc1C(F)(F)F. The maximum Gasteiger partial charge on any atom is 0.434 e. The third kappa shape index (κ3) is 4.99. The largest absolute Gasteiger partial charge is 0.434 e. The number of carbonyl (C=O) groups is 1. The molecule has 11 heteroatoms. The van der Waals surface area contributed by atoms with E-state index in [9.17, 15) is 22.4 Å². The van der Waals surface area contributed by atoms with Crippen LogP contribution in [0.2, 0.25) is 0 Å². The molecule has 2 aliphatic rings. The van der Waals surface area contributed by atoms with Gasteiger partial charge in [-0.1, -0.05) is 12.1 Å². The molecule has 1 aliphatic carbocycles. The Labute approximate surface area is 211 Å². The number of Topliss-reactive ketones (excluding diaryl/α,β-unsaturated/α-hetero) is 1. The van der Waals surface area contributed by atoms with E-state index in [0.29, 0.717) is 26.1 Å². The van der Waals surface area contributed by atoms with Crippen LogP contribution < -0.4 is 9.80 Å². The Bertz CT molecular complexity index is 1330. The minimum atomic E-state index is -4.75. The van der Waals surface area contributed by atoms with Crippen LogP contribution in [0.15, 0.2) is 30.5 Å². The molecule has 1 aliphatic heterocycles. The van der Waals surface area contributed by atoms with Gasteiger partial charge in [0, 0.05) is 43.9 Å². The van der Waals surface area contributed by atoms with E-state index in [0.717, 1.165) is 55.0 Å². The van der Waals surface area contributed by atoms with E-state index in [1.807, 2.05) is 6.92 Å². The fraction of sp³-hybridized carbons (Fsp3) is 0.423. The van der Waals surface area contributed by atoms with E-state index >= 15 is 0 Å². The summed E-state index contributed by atoms with van der Waals surface area (Å²) in [6.45, 7) is 4.39. The highest BCUT2D eigenvalue weighted by Gasteiger charge is 2.38. The topological polar surface area (TPSA) is 75.1 Å². The number of piperazine rings is 1. The summed E-state index contributed by atoms with van der Waals surface area (Å²) in [6.07, 6.45) is -0.427. The number of benzene rings is 1. The lowest BCUT2D eigenvalue weighted by atomic mass is 10.0. The molecule has 1 aromatic carbocycles. The van der Waals surface area contributed by atoms with Crippen LogP contribution in [0.3, 0.4) is 0 Å². The number of alkyl halides is 3. The zero-order valence-corrected chi connectivity index (χ0v) is 20.5. The minimum absolute atomic E-state index is 0.0459. The molecule has 0 radical (unpaired) electrons. The zero-order valence-electron chi connectivity index (χ0n) is 20.5. The molecule has 194 valence electrons. The van der Waals surface area contributed by atoms with Gasteiger partial charge >= 0.3 is 6.18 Å². The zero-order chi connectivity index (χ0) is 26.3. The number of ketones is 1. The van der Waals surface area contributed by atoms with E-state index < -0.39 is 23.2 Å². The number of carbonyl (C=O) groups excluding carboxylic acids is 1. The van der Waals surface area contributed by atoms with Gasteiger partial charge < -0.3 is 9.80 Å². The van der Waals surface area contributed by atoms with Gasteiger partial charge in [-0.05, 0) is 56.4 Å². The van der Waals surface area contributed by atoms with Gasteiger partial charge in [-0.25, -0.2) is 14.4 Å². The normalized spacial score (nSPS) is 17.7. The summed E-state index contributed by atoms with van der Waals surface area (Å²) in [4.78, 5) is 23.4. The van der Waals surface area contributed by atoms with E-state index in [1.54, 1.807) is 17.0 Å². The molecule has 0 N–H and O–H groups in total. The van der Waals surface area contributed by atoms with Crippen molar-refractivity contribution in [1.29, 1.82) is 0 Å². The van der Waals surface area contributed by atoms with Crippen molar-refractivity contribution >= 4 is 17.5 Å². The summed E-state index contributed by atoms with van der Waals surface area (Å²) < 4.78 is 53.9. The maximum atomic E-state index is 13.6. The molecule has 1 atom stereocenters. The van der Waals surface area contributed by atoms with Gasteiger partial charge in [-0.2, -0.15) is 18.3 Å². The van der Waals surface area contributed by atoms with E-state index in [4.69, 9.17) is 0 Å². The molecule has 0 unspecified atom stereocenters. The van der Waals surface area contributed by atoms with Crippen molar-refractivity contribution in [2.24, 2.45) is 0 Å². The van der Waals surface area contributed by atoms with Crippen LogP contribution in [-0.4, -0.2) is 51.6 Å². The first kappa shape index (κ1) is 25.0. The summed E-state index contributed by atoms with van der Waals surface area (Å²) in [7, 11) is 0. The summed E-state index contributed by atoms with van der Waals surface area (Å²) >= 11 is 0. The lowest BCUT2D eigenvalue weighted by Crippen LogP contribution is -2.53. The van der Waals surface area contributed by atoms with Crippen molar-refractivity contribution in [3.05, 3.63) is 69.9 Å². The fourth-order valence-corrected chi connectivity index (χ4v) is 5.16. The van der Waals surface area contributed by atoms with Crippen LogP contribution >= 0.6 is 0 Å². The molecule has 3 heterocycles. The van der Waals surface area contributed by atoms with Crippen molar-refractivity contribution in [3.63, 3.8) is 0 Å². The Morgan fingerprint density at radius 2 is 1.81 bits per heavy atom. The average molecular weight is 515 g/mol. The third-order valence-electron chi connectivity index (χ3n) is 6.99. The number of anilines is 2. The second-order valence-electron chi connectivity index (χ2n) is 9.56. The number of rotatable bonds is 5. The van der Waals surface area contributed by atoms with Crippen LogP contribution in [0.25, 0.3) is 0 Å². The summed E-state index contributed by atoms with van der Waals surface area (Å²) in [6, 6.07) is 6.18. The van der Waals surface area contributed by atoms with Crippen molar-refractivity contribution in [3.8, 4) is 0 Å². The molecular weight excluding hydrogens is 488 g/mol. The molecule has 0 amide bonds. The molecule has 0 bridgehead atoms. The Kier molecular flexibility index (Phi) is 6.55. The molecule has 3 aromatic rings. The van der Waals surface area contributed by atoms with Gasteiger partial charge in [0.05, 0.1) is 11.3 Å². The van der Waals surface area contributed by atoms with Crippen molar-refractivity contribution in [2.45, 2.75) is 51.7 Å². The number of hydrogen-bond donors (Lipinski definition) is 0. The third-order valence-corrected chi connectivity index (χ3v) is 6.99. The van der Waals surface area contributed by atoms with Crippen molar-refractivity contribution < 1.29 is 22.4 Å². The first-order chi connectivity index (χ1) is 17.6. The number of nitrogens with zero attached hydrogens (tertiary/aromatic N) is 6. The van der Waals surface area contributed by atoms with Gasteiger partial charge in [-0.15, -0.1) is 5.10 Å². The first-order valence-electron chi connectivity index (χ1n) is 12.2. The van der Waals surface area contributed by atoms with Crippen LogP contribution in [0.1, 0.15) is 58.7 Å². The second-order valence-corrected chi connectivity index (χ2v) is 9.56. The highest BCUT2D eigenvalue weighted by atomic mass is 19.4. The van der Waals surface area contributed by atoms with Crippen LogP contribution in [0, 0.1) is 5.82 Å². The minimum Gasteiger partial charge on any atom is -0.351 e. The Morgan fingerprint density at radius 1 is 1.08 bits per heavy atom.